The Morgan fingerprint density at radius 1 is 1.15 bits per heavy atom. The highest BCUT2D eigenvalue weighted by atomic mass is 32.1. The zero-order valence-corrected chi connectivity index (χ0v) is 16.7. The van der Waals surface area contributed by atoms with Crippen molar-refractivity contribution in [2.75, 3.05) is 25.0 Å². The molecule has 1 fully saturated rings. The lowest BCUT2D eigenvalue weighted by Crippen LogP contribution is -3.14. The van der Waals surface area contributed by atoms with Crippen LogP contribution >= 0.6 is 11.3 Å². The molecule has 5 heteroatoms. The minimum atomic E-state index is 0.108. The van der Waals surface area contributed by atoms with E-state index in [1.54, 1.807) is 0 Å². The molecule has 0 aliphatic carbocycles. The quantitative estimate of drug-likeness (QED) is 0.729. The second-order valence-corrected chi connectivity index (χ2v) is 8.58. The van der Waals surface area contributed by atoms with Crippen LogP contribution in [0.25, 0.3) is 10.2 Å². The number of hydrogen-bond acceptors (Lipinski definition) is 3. The summed E-state index contributed by atoms with van der Waals surface area (Å²) in [5.74, 6) is 0.644. The van der Waals surface area contributed by atoms with Crippen LogP contribution in [-0.2, 0) is 4.79 Å². The maximum Gasteiger partial charge on any atom is 0.279 e. The molecule has 1 amide bonds. The number of likely N-dealkylation sites (tertiary alicyclic amines) is 1. The summed E-state index contributed by atoms with van der Waals surface area (Å²) in [6.45, 7) is 6.73. The van der Waals surface area contributed by atoms with E-state index in [4.69, 9.17) is 4.98 Å². The molecule has 0 unspecified atom stereocenters. The molecule has 1 aliphatic heterocycles. The van der Waals surface area contributed by atoms with Gasteiger partial charge in [-0.3, -0.25) is 4.79 Å². The topological polar surface area (TPSA) is 46.4 Å². The number of aryl methyl sites for hydroxylation is 1. The van der Waals surface area contributed by atoms with Gasteiger partial charge < -0.3 is 10.2 Å². The molecular weight excluding hydrogens is 354 g/mol. The molecule has 0 saturated carbocycles. The number of anilines is 1. The summed E-state index contributed by atoms with van der Waals surface area (Å²) in [6, 6.07) is 14.4. The first-order chi connectivity index (χ1) is 13.1. The maximum absolute atomic E-state index is 12.5. The van der Waals surface area contributed by atoms with E-state index in [0.29, 0.717) is 12.5 Å². The van der Waals surface area contributed by atoms with Crippen LogP contribution in [0.4, 0.5) is 5.69 Å². The van der Waals surface area contributed by atoms with E-state index in [-0.39, 0.29) is 5.91 Å². The van der Waals surface area contributed by atoms with E-state index >= 15 is 0 Å². The zero-order chi connectivity index (χ0) is 18.8. The molecule has 27 heavy (non-hydrogen) atoms. The molecule has 140 valence electrons. The standard InChI is InChI=1S/C22H25N3OS/c1-15-6-5-8-18(16(15)2)23-21(26)14-25-12-10-17(11-13-25)22-24-19-7-3-4-9-20(19)27-22/h3-9,17H,10-14H2,1-2H3,(H,23,26)/p+1. The highest BCUT2D eigenvalue weighted by Gasteiger charge is 2.27. The predicted molar refractivity (Wildman–Crippen MR) is 112 cm³/mol. The molecule has 2 aromatic carbocycles. The lowest BCUT2D eigenvalue weighted by molar-refractivity contribution is -0.897. The molecule has 1 saturated heterocycles. The molecule has 1 aliphatic rings. The number of nitrogens with one attached hydrogen (secondary N) is 2. The average Bonchev–Trinajstić information content (AvgIpc) is 3.10. The molecule has 0 radical (unpaired) electrons. The third kappa shape index (κ3) is 4.04. The number of quaternary nitrogens is 1. The Labute approximate surface area is 164 Å². The van der Waals surface area contributed by atoms with Gasteiger partial charge in [-0.2, -0.15) is 0 Å². The zero-order valence-electron chi connectivity index (χ0n) is 15.9. The van der Waals surface area contributed by atoms with Gasteiger partial charge in [0.1, 0.15) is 0 Å². The Morgan fingerprint density at radius 2 is 1.93 bits per heavy atom. The van der Waals surface area contributed by atoms with Gasteiger partial charge in [-0.15, -0.1) is 11.3 Å². The number of hydrogen-bond donors (Lipinski definition) is 2. The fourth-order valence-corrected chi connectivity index (χ4v) is 4.96. The molecule has 0 spiro atoms. The summed E-state index contributed by atoms with van der Waals surface area (Å²) in [6.07, 6.45) is 2.21. The van der Waals surface area contributed by atoms with E-state index in [2.05, 4.69) is 43.4 Å². The number of rotatable bonds is 4. The van der Waals surface area contributed by atoms with Gasteiger partial charge in [0.05, 0.1) is 28.3 Å². The van der Waals surface area contributed by atoms with Crippen molar-refractivity contribution in [3.8, 4) is 0 Å². The minimum Gasteiger partial charge on any atom is -0.327 e. The number of para-hydroxylation sites is 1. The summed E-state index contributed by atoms with van der Waals surface area (Å²) >= 11 is 1.82. The average molecular weight is 381 g/mol. The van der Waals surface area contributed by atoms with Gasteiger partial charge in [-0.25, -0.2) is 4.98 Å². The van der Waals surface area contributed by atoms with Gasteiger partial charge in [0.2, 0.25) is 0 Å². The largest absolute Gasteiger partial charge is 0.327 e. The van der Waals surface area contributed by atoms with Gasteiger partial charge in [-0.05, 0) is 43.2 Å². The molecule has 3 aromatic rings. The number of carbonyl (C=O) groups is 1. The summed E-state index contributed by atoms with van der Waals surface area (Å²) in [4.78, 5) is 18.7. The SMILES string of the molecule is Cc1cccc(NC(=O)C[NH+]2CCC(c3nc4ccccc4s3)CC2)c1C. The molecular formula is C22H26N3OS+. The van der Waals surface area contributed by atoms with Crippen LogP contribution in [0.15, 0.2) is 42.5 Å². The van der Waals surface area contributed by atoms with E-state index in [1.807, 2.05) is 29.5 Å². The predicted octanol–water partition coefficient (Wildman–Crippen LogP) is 3.31. The molecule has 0 bridgehead atoms. The van der Waals surface area contributed by atoms with Gasteiger partial charge in [-0.1, -0.05) is 24.3 Å². The van der Waals surface area contributed by atoms with E-state index in [9.17, 15) is 4.79 Å². The number of nitrogens with zero attached hydrogens (tertiary/aromatic N) is 1. The summed E-state index contributed by atoms with van der Waals surface area (Å²) in [5.41, 5.74) is 4.40. The van der Waals surface area contributed by atoms with Gasteiger partial charge in [0.25, 0.3) is 5.91 Å². The lowest BCUT2D eigenvalue weighted by Gasteiger charge is -2.27. The van der Waals surface area contributed by atoms with Crippen LogP contribution < -0.4 is 10.2 Å². The van der Waals surface area contributed by atoms with Gasteiger partial charge in [0.15, 0.2) is 6.54 Å². The normalized spacial score (nSPS) is 19.9. The number of thiazole rings is 1. The van der Waals surface area contributed by atoms with Crippen LogP contribution in [0.1, 0.15) is 34.9 Å². The molecule has 1 aromatic heterocycles. The highest BCUT2D eigenvalue weighted by molar-refractivity contribution is 7.18. The molecule has 0 atom stereocenters. The molecule has 2 N–H and O–H groups in total. The van der Waals surface area contributed by atoms with Crippen molar-refractivity contribution >= 4 is 33.1 Å². The fourth-order valence-electron chi connectivity index (χ4n) is 3.82. The highest BCUT2D eigenvalue weighted by Crippen LogP contribution is 2.31. The van der Waals surface area contributed by atoms with E-state index < -0.39 is 0 Å². The lowest BCUT2D eigenvalue weighted by atomic mass is 9.97. The van der Waals surface area contributed by atoms with E-state index in [0.717, 1.165) is 42.7 Å². The number of amides is 1. The summed E-state index contributed by atoms with van der Waals surface area (Å²) < 4.78 is 1.27. The van der Waals surface area contributed by atoms with Crippen molar-refractivity contribution in [3.05, 3.63) is 58.6 Å². The van der Waals surface area contributed by atoms with E-state index in [1.165, 1.54) is 20.2 Å². The number of benzene rings is 2. The molecule has 4 rings (SSSR count). The van der Waals surface area contributed by atoms with Crippen molar-refractivity contribution in [1.29, 1.82) is 0 Å². The first-order valence-electron chi connectivity index (χ1n) is 9.65. The summed E-state index contributed by atoms with van der Waals surface area (Å²) in [7, 11) is 0. The first-order valence-corrected chi connectivity index (χ1v) is 10.5. The monoisotopic (exact) mass is 380 g/mol. The molecule has 4 nitrogen and oxygen atoms in total. The third-order valence-electron chi connectivity index (χ3n) is 5.64. The number of fused-ring (bicyclic) bond motifs is 1. The van der Waals surface area contributed by atoms with Crippen molar-refractivity contribution < 1.29 is 9.69 Å². The molecule has 2 heterocycles. The van der Waals surface area contributed by atoms with Crippen LogP contribution in [0, 0.1) is 13.8 Å². The summed E-state index contributed by atoms with van der Waals surface area (Å²) in [5, 5.41) is 4.35. The van der Waals surface area contributed by atoms with Crippen LogP contribution in [0.5, 0.6) is 0 Å². The van der Waals surface area contributed by atoms with Crippen molar-refractivity contribution in [2.24, 2.45) is 0 Å². The van der Waals surface area contributed by atoms with Gasteiger partial charge >= 0.3 is 0 Å². The van der Waals surface area contributed by atoms with Crippen LogP contribution in [-0.4, -0.2) is 30.5 Å². The second-order valence-electron chi connectivity index (χ2n) is 7.52. The third-order valence-corrected chi connectivity index (χ3v) is 6.84. The number of aromatic nitrogens is 1. The first kappa shape index (κ1) is 18.1. The maximum atomic E-state index is 12.5. The Morgan fingerprint density at radius 3 is 2.70 bits per heavy atom. The Hall–Kier alpha value is -2.24. The van der Waals surface area contributed by atoms with Gasteiger partial charge in [0, 0.05) is 24.4 Å². The Bertz CT molecular complexity index is 924. The second kappa shape index (κ2) is 7.79. The van der Waals surface area contributed by atoms with Crippen LogP contribution in [0.2, 0.25) is 0 Å². The van der Waals surface area contributed by atoms with Crippen LogP contribution in [0.3, 0.4) is 0 Å². The minimum absolute atomic E-state index is 0.108. The Balaban J connectivity index is 1.32. The van der Waals surface area contributed by atoms with Crippen molar-refractivity contribution in [1.82, 2.24) is 4.98 Å². The Kier molecular flexibility index (Phi) is 5.23. The van der Waals surface area contributed by atoms with Crippen molar-refractivity contribution in [2.45, 2.75) is 32.6 Å². The van der Waals surface area contributed by atoms with Crippen molar-refractivity contribution in [3.63, 3.8) is 0 Å². The number of carbonyl (C=O) groups excluding carboxylic acids is 1. The smallest absolute Gasteiger partial charge is 0.279 e. The fraction of sp³-hybridized carbons (Fsp3) is 0.364. The number of piperidine rings is 1.